The number of benzene rings is 1. The Morgan fingerprint density at radius 3 is 2.88 bits per heavy atom. The highest BCUT2D eigenvalue weighted by molar-refractivity contribution is 7.23. The number of carboxylic acid groups (broad SMARTS) is 1. The highest BCUT2D eigenvalue weighted by Crippen LogP contribution is 2.38. The number of rotatable bonds is 1. The Morgan fingerprint density at radius 2 is 2.12 bits per heavy atom. The largest absolute Gasteiger partial charge is 0.478 e. The van der Waals surface area contributed by atoms with E-state index in [2.05, 4.69) is 0 Å². The Bertz CT molecular complexity index is 711. The molecule has 2 heterocycles. The second kappa shape index (κ2) is 3.45. The van der Waals surface area contributed by atoms with E-state index < -0.39 is 5.97 Å². The van der Waals surface area contributed by atoms with Crippen molar-refractivity contribution in [2.45, 2.75) is 0 Å². The first-order chi connectivity index (χ1) is 7.66. The minimum atomic E-state index is -0.904. The third-order valence-corrected chi connectivity index (χ3v) is 4.60. The van der Waals surface area contributed by atoms with Crippen LogP contribution in [0.25, 0.3) is 20.2 Å². The molecule has 0 aliphatic rings. The molecule has 80 valence electrons. The van der Waals surface area contributed by atoms with Gasteiger partial charge in [0.25, 0.3) is 0 Å². The first kappa shape index (κ1) is 10.1. The van der Waals surface area contributed by atoms with Crippen molar-refractivity contribution in [2.75, 3.05) is 0 Å². The molecule has 1 N–H and O–H groups in total. The van der Waals surface area contributed by atoms with E-state index in [9.17, 15) is 4.79 Å². The van der Waals surface area contributed by atoms with Gasteiger partial charge >= 0.3 is 5.97 Å². The highest BCUT2D eigenvalue weighted by atomic mass is 35.5. The maximum absolute atomic E-state index is 11.2. The van der Waals surface area contributed by atoms with Gasteiger partial charge < -0.3 is 5.11 Å². The van der Waals surface area contributed by atoms with Crippen LogP contribution in [-0.2, 0) is 0 Å². The van der Waals surface area contributed by atoms with Crippen molar-refractivity contribution in [1.82, 2.24) is 0 Å². The van der Waals surface area contributed by atoms with Crippen LogP contribution in [0.4, 0.5) is 0 Å². The molecule has 0 aliphatic carbocycles. The number of halogens is 1. The van der Waals surface area contributed by atoms with Gasteiger partial charge in [-0.1, -0.05) is 11.6 Å². The molecule has 16 heavy (non-hydrogen) atoms. The predicted molar refractivity (Wildman–Crippen MR) is 69.2 cm³/mol. The quantitative estimate of drug-likeness (QED) is 0.707. The summed E-state index contributed by atoms with van der Waals surface area (Å²) in [6, 6.07) is 5.55. The van der Waals surface area contributed by atoms with Crippen molar-refractivity contribution >= 4 is 60.4 Å². The molecule has 3 rings (SSSR count). The Morgan fingerprint density at radius 1 is 1.31 bits per heavy atom. The van der Waals surface area contributed by atoms with E-state index in [1.807, 2.05) is 17.5 Å². The smallest absolute Gasteiger partial charge is 0.337 e. The zero-order valence-electron chi connectivity index (χ0n) is 7.86. The van der Waals surface area contributed by atoms with E-state index in [-0.39, 0.29) is 0 Å². The van der Waals surface area contributed by atoms with Crippen LogP contribution in [0.2, 0.25) is 4.34 Å². The average Bonchev–Trinajstić information content (AvgIpc) is 2.79. The van der Waals surface area contributed by atoms with Crippen molar-refractivity contribution in [2.24, 2.45) is 0 Å². The number of thiophene rings is 2. The fraction of sp³-hybridized carbons (Fsp3) is 0. The van der Waals surface area contributed by atoms with Crippen molar-refractivity contribution in [3.63, 3.8) is 0 Å². The number of carbonyl (C=O) groups is 1. The van der Waals surface area contributed by atoms with Crippen LogP contribution in [0.5, 0.6) is 0 Å². The first-order valence-corrected chi connectivity index (χ1v) is 6.57. The number of hydrogen-bond acceptors (Lipinski definition) is 3. The molecule has 0 spiro atoms. The lowest BCUT2D eigenvalue weighted by Crippen LogP contribution is -1.95. The molecule has 0 aliphatic heterocycles. The fourth-order valence-electron chi connectivity index (χ4n) is 1.77. The van der Waals surface area contributed by atoms with E-state index in [1.54, 1.807) is 17.4 Å². The number of carboxylic acids is 1. The topological polar surface area (TPSA) is 37.3 Å². The molecule has 5 heteroatoms. The Balaban J connectivity index is 2.59. The maximum atomic E-state index is 11.2. The SMILES string of the molecule is O=C(O)c1cc2sccc2c2cc(Cl)sc12. The van der Waals surface area contributed by atoms with Crippen LogP contribution in [0.15, 0.2) is 23.6 Å². The summed E-state index contributed by atoms with van der Waals surface area (Å²) in [5, 5.41) is 13.1. The van der Waals surface area contributed by atoms with Crippen LogP contribution < -0.4 is 0 Å². The van der Waals surface area contributed by atoms with Gasteiger partial charge in [-0.15, -0.1) is 22.7 Å². The van der Waals surface area contributed by atoms with E-state index >= 15 is 0 Å². The van der Waals surface area contributed by atoms with Crippen LogP contribution in [0.1, 0.15) is 10.4 Å². The normalized spacial score (nSPS) is 11.3. The van der Waals surface area contributed by atoms with Crippen molar-refractivity contribution in [3.8, 4) is 0 Å². The zero-order chi connectivity index (χ0) is 11.3. The molecule has 0 unspecified atom stereocenters. The molecule has 0 saturated heterocycles. The molecule has 0 saturated carbocycles. The Labute approximate surface area is 104 Å². The van der Waals surface area contributed by atoms with E-state index in [0.29, 0.717) is 9.90 Å². The summed E-state index contributed by atoms with van der Waals surface area (Å²) in [6.07, 6.45) is 0. The molecule has 3 aromatic rings. The van der Waals surface area contributed by atoms with Crippen molar-refractivity contribution < 1.29 is 9.90 Å². The molecule has 0 fully saturated rings. The highest BCUT2D eigenvalue weighted by Gasteiger charge is 2.15. The minimum absolute atomic E-state index is 0.335. The Hall–Kier alpha value is -1.10. The van der Waals surface area contributed by atoms with Crippen LogP contribution >= 0.6 is 34.3 Å². The standard InChI is InChI=1S/C11H5ClO2S2/c12-9-4-6-5-1-2-15-8(5)3-7(11(13)14)10(6)16-9/h1-4H,(H,13,14). The number of aromatic carboxylic acids is 1. The minimum Gasteiger partial charge on any atom is -0.478 e. The summed E-state index contributed by atoms with van der Waals surface area (Å²) in [6.45, 7) is 0. The van der Waals surface area contributed by atoms with Gasteiger partial charge in [-0.25, -0.2) is 4.79 Å². The van der Waals surface area contributed by atoms with E-state index in [4.69, 9.17) is 16.7 Å². The summed E-state index contributed by atoms with van der Waals surface area (Å²) < 4.78 is 2.36. The lowest BCUT2D eigenvalue weighted by atomic mass is 10.1. The van der Waals surface area contributed by atoms with E-state index in [1.165, 1.54) is 11.3 Å². The van der Waals surface area contributed by atoms with Gasteiger partial charge in [-0.3, -0.25) is 0 Å². The monoisotopic (exact) mass is 268 g/mol. The van der Waals surface area contributed by atoms with Crippen LogP contribution in [-0.4, -0.2) is 11.1 Å². The molecule has 2 nitrogen and oxygen atoms in total. The van der Waals surface area contributed by atoms with Gasteiger partial charge in [0.15, 0.2) is 0 Å². The zero-order valence-corrected chi connectivity index (χ0v) is 10.2. The van der Waals surface area contributed by atoms with Gasteiger partial charge in [0.05, 0.1) is 14.6 Å². The average molecular weight is 269 g/mol. The van der Waals surface area contributed by atoms with E-state index in [0.717, 1.165) is 20.2 Å². The first-order valence-electron chi connectivity index (χ1n) is 4.49. The number of hydrogen-bond donors (Lipinski definition) is 1. The molecular formula is C11H5ClO2S2. The summed E-state index contributed by atoms with van der Waals surface area (Å²) in [7, 11) is 0. The lowest BCUT2D eigenvalue weighted by molar-refractivity contribution is 0.0699. The molecule has 0 bridgehead atoms. The third kappa shape index (κ3) is 1.34. The van der Waals surface area contributed by atoms with Crippen molar-refractivity contribution in [3.05, 3.63) is 33.5 Å². The molecule has 0 radical (unpaired) electrons. The second-order valence-electron chi connectivity index (χ2n) is 3.36. The van der Waals surface area contributed by atoms with Crippen LogP contribution in [0.3, 0.4) is 0 Å². The number of fused-ring (bicyclic) bond motifs is 3. The molecule has 0 atom stereocenters. The summed E-state index contributed by atoms with van der Waals surface area (Å²) in [5.41, 5.74) is 0.335. The van der Waals surface area contributed by atoms with Crippen molar-refractivity contribution in [1.29, 1.82) is 0 Å². The van der Waals surface area contributed by atoms with Gasteiger partial charge in [-0.2, -0.15) is 0 Å². The summed E-state index contributed by atoms with van der Waals surface area (Å²) in [5.74, 6) is -0.904. The second-order valence-corrected chi connectivity index (χ2v) is 5.99. The summed E-state index contributed by atoms with van der Waals surface area (Å²) >= 11 is 8.81. The predicted octanol–water partition coefficient (Wildman–Crippen LogP) is 4.47. The van der Waals surface area contributed by atoms with Gasteiger partial charge in [-0.05, 0) is 23.6 Å². The van der Waals surface area contributed by atoms with Gasteiger partial charge in [0.2, 0.25) is 0 Å². The molecule has 2 aromatic heterocycles. The summed E-state index contributed by atoms with van der Waals surface area (Å²) in [4.78, 5) is 11.2. The third-order valence-electron chi connectivity index (χ3n) is 2.44. The Kier molecular flexibility index (Phi) is 2.17. The molecule has 0 amide bonds. The fourth-order valence-corrected chi connectivity index (χ4v) is 3.86. The van der Waals surface area contributed by atoms with Gasteiger partial charge in [0, 0.05) is 15.5 Å². The maximum Gasteiger partial charge on any atom is 0.337 e. The lowest BCUT2D eigenvalue weighted by Gasteiger charge is -1.98. The molecule has 1 aromatic carbocycles. The molecular weight excluding hydrogens is 264 g/mol. The van der Waals surface area contributed by atoms with Gasteiger partial charge in [0.1, 0.15) is 0 Å². The van der Waals surface area contributed by atoms with Crippen LogP contribution in [0, 0.1) is 0 Å².